The molecule has 0 bridgehead atoms. The van der Waals surface area contributed by atoms with Gasteiger partial charge in [-0.15, -0.1) is 0 Å². The number of carbonyl (C=O) groups excluding carboxylic acids is 2. The van der Waals surface area contributed by atoms with E-state index in [1.807, 2.05) is 30.3 Å². The van der Waals surface area contributed by atoms with Crippen molar-refractivity contribution in [2.24, 2.45) is 5.92 Å². The maximum Gasteiger partial charge on any atom is 0.327 e. The highest BCUT2D eigenvalue weighted by atomic mass is 16.6. The van der Waals surface area contributed by atoms with Crippen LogP contribution in [-0.2, 0) is 25.5 Å². The minimum absolute atomic E-state index is 0.0252. The lowest BCUT2D eigenvalue weighted by molar-refractivity contribution is -0.164. The number of aromatic nitrogens is 2. The van der Waals surface area contributed by atoms with E-state index in [1.54, 1.807) is 20.8 Å². The molecule has 2 N–H and O–H groups in total. The van der Waals surface area contributed by atoms with E-state index in [2.05, 4.69) is 9.97 Å². The second-order valence-corrected chi connectivity index (χ2v) is 8.61. The number of rotatable bonds is 7. The topological polar surface area (TPSA) is 113 Å². The van der Waals surface area contributed by atoms with Gasteiger partial charge in [0.25, 0.3) is 0 Å². The fraction of sp³-hybridized carbons (Fsp3) is 0.455. The van der Waals surface area contributed by atoms with Crippen LogP contribution in [-0.4, -0.2) is 56.0 Å². The molecule has 0 saturated carbocycles. The zero-order valence-electron chi connectivity index (χ0n) is 17.4. The molecule has 0 aliphatic carbocycles. The average molecular weight is 413 g/mol. The van der Waals surface area contributed by atoms with Crippen molar-refractivity contribution in [3.63, 3.8) is 0 Å². The van der Waals surface area contributed by atoms with Gasteiger partial charge in [0.05, 0.1) is 12.0 Å². The molecular weight excluding hydrogens is 386 g/mol. The number of ether oxygens (including phenoxy) is 1. The number of benzene rings is 1. The van der Waals surface area contributed by atoms with Crippen molar-refractivity contribution in [2.75, 3.05) is 6.54 Å². The van der Waals surface area contributed by atoms with Gasteiger partial charge in [-0.2, -0.15) is 0 Å². The number of nitrogens with zero attached hydrogens (tertiary/aromatic N) is 2. The molecule has 1 aliphatic heterocycles. The van der Waals surface area contributed by atoms with Crippen molar-refractivity contribution < 1.29 is 24.2 Å². The Morgan fingerprint density at radius 2 is 2.00 bits per heavy atom. The van der Waals surface area contributed by atoms with Crippen LogP contribution in [0.4, 0.5) is 0 Å². The molecule has 30 heavy (non-hydrogen) atoms. The van der Waals surface area contributed by atoms with Gasteiger partial charge in [0.1, 0.15) is 17.6 Å². The number of imidazole rings is 1. The van der Waals surface area contributed by atoms with Crippen molar-refractivity contribution >= 4 is 17.8 Å². The number of hydrogen-bond acceptors (Lipinski definition) is 5. The molecule has 8 heteroatoms. The van der Waals surface area contributed by atoms with E-state index in [0.29, 0.717) is 12.1 Å². The van der Waals surface area contributed by atoms with Gasteiger partial charge in [0.15, 0.2) is 0 Å². The summed E-state index contributed by atoms with van der Waals surface area (Å²) in [5.41, 5.74) is 0.584. The molecule has 1 unspecified atom stereocenters. The Kier molecular flexibility index (Phi) is 6.24. The molecule has 1 amide bonds. The summed E-state index contributed by atoms with van der Waals surface area (Å²) in [5.74, 6) is -3.48. The number of H-pyrrole nitrogens is 1. The maximum absolute atomic E-state index is 13.0. The smallest absolute Gasteiger partial charge is 0.327 e. The van der Waals surface area contributed by atoms with Gasteiger partial charge < -0.3 is 19.7 Å². The van der Waals surface area contributed by atoms with Gasteiger partial charge in [-0.3, -0.25) is 9.59 Å². The van der Waals surface area contributed by atoms with Crippen molar-refractivity contribution in [2.45, 2.75) is 51.2 Å². The average Bonchev–Trinajstić information content (AvgIpc) is 3.28. The minimum Gasteiger partial charge on any atom is -0.480 e. The highest BCUT2D eigenvalue weighted by Gasteiger charge is 2.47. The van der Waals surface area contributed by atoms with Gasteiger partial charge in [-0.1, -0.05) is 30.3 Å². The largest absolute Gasteiger partial charge is 0.480 e. The fourth-order valence-electron chi connectivity index (χ4n) is 3.85. The molecule has 2 aromatic rings. The van der Waals surface area contributed by atoms with Crippen molar-refractivity contribution in [1.29, 1.82) is 0 Å². The third-order valence-electron chi connectivity index (χ3n) is 5.03. The van der Waals surface area contributed by atoms with E-state index < -0.39 is 29.5 Å². The second-order valence-electron chi connectivity index (χ2n) is 8.61. The van der Waals surface area contributed by atoms with Gasteiger partial charge in [-0.25, -0.2) is 9.78 Å². The number of nitrogens with one attached hydrogen (secondary N) is 1. The van der Waals surface area contributed by atoms with Gasteiger partial charge in [-0.05, 0) is 38.7 Å². The molecular formula is C22H27N3O5. The van der Waals surface area contributed by atoms with Crippen LogP contribution in [0.5, 0.6) is 0 Å². The number of likely N-dealkylation sites (tertiary alicyclic amines) is 1. The number of carboxylic acids is 1. The minimum atomic E-state index is -1.38. The molecule has 3 atom stereocenters. The third kappa shape index (κ3) is 5.06. The Morgan fingerprint density at radius 1 is 1.30 bits per heavy atom. The van der Waals surface area contributed by atoms with Crippen molar-refractivity contribution in [3.8, 4) is 0 Å². The Hall–Kier alpha value is -3.16. The second kappa shape index (κ2) is 8.69. The summed E-state index contributed by atoms with van der Waals surface area (Å²) >= 11 is 0. The maximum atomic E-state index is 13.0. The Bertz CT molecular complexity index is 889. The van der Waals surface area contributed by atoms with Crippen molar-refractivity contribution in [3.05, 3.63) is 54.1 Å². The SMILES string of the molecule is CC(C)(C)OC(=O)C(c1cnc[nH]1)[C@@H](C(=O)O)N1C[C@H](Cc2ccccc2)CC1=O. The first-order chi connectivity index (χ1) is 14.2. The molecule has 3 rings (SSSR count). The lowest BCUT2D eigenvalue weighted by atomic mass is 9.94. The zero-order valence-corrected chi connectivity index (χ0v) is 17.4. The summed E-state index contributed by atoms with van der Waals surface area (Å²) in [6.07, 6.45) is 3.67. The Morgan fingerprint density at radius 3 is 2.57 bits per heavy atom. The quantitative estimate of drug-likeness (QED) is 0.674. The summed E-state index contributed by atoms with van der Waals surface area (Å²) in [4.78, 5) is 46.1. The predicted molar refractivity (Wildman–Crippen MR) is 109 cm³/mol. The van der Waals surface area contributed by atoms with Crippen LogP contribution in [0.3, 0.4) is 0 Å². The van der Waals surface area contributed by atoms with Crippen molar-refractivity contribution in [1.82, 2.24) is 14.9 Å². The number of esters is 1. The van der Waals surface area contributed by atoms with Crippen LogP contribution in [0.25, 0.3) is 0 Å². The molecule has 2 heterocycles. The number of amides is 1. The first-order valence-corrected chi connectivity index (χ1v) is 9.93. The summed E-state index contributed by atoms with van der Waals surface area (Å²) < 4.78 is 5.48. The molecule has 1 fully saturated rings. The lowest BCUT2D eigenvalue weighted by Gasteiger charge is -2.32. The van der Waals surface area contributed by atoms with Gasteiger partial charge in [0.2, 0.25) is 5.91 Å². The van der Waals surface area contributed by atoms with E-state index in [4.69, 9.17) is 4.74 Å². The van der Waals surface area contributed by atoms with Crippen LogP contribution in [0.2, 0.25) is 0 Å². The number of carboxylic acid groups (broad SMARTS) is 1. The molecule has 8 nitrogen and oxygen atoms in total. The van der Waals surface area contributed by atoms with Crippen LogP contribution in [0.15, 0.2) is 42.9 Å². The first kappa shape index (κ1) is 21.5. The summed E-state index contributed by atoms with van der Waals surface area (Å²) in [6, 6.07) is 8.37. The molecule has 160 valence electrons. The van der Waals surface area contributed by atoms with E-state index in [0.717, 1.165) is 5.56 Å². The summed E-state index contributed by atoms with van der Waals surface area (Å²) in [6.45, 7) is 5.39. The van der Waals surface area contributed by atoms with E-state index >= 15 is 0 Å². The summed E-state index contributed by atoms with van der Waals surface area (Å²) in [5, 5.41) is 10.0. The fourth-order valence-corrected chi connectivity index (χ4v) is 3.85. The number of carbonyl (C=O) groups is 3. The summed E-state index contributed by atoms with van der Waals surface area (Å²) in [7, 11) is 0. The zero-order chi connectivity index (χ0) is 21.9. The third-order valence-corrected chi connectivity index (χ3v) is 5.03. The lowest BCUT2D eigenvalue weighted by Crippen LogP contribution is -2.49. The van der Waals surface area contributed by atoms with Crippen LogP contribution >= 0.6 is 0 Å². The standard InChI is InChI=1S/C22H27N3O5/c1-22(2,3)30-21(29)18(16-11-23-13-24-16)19(20(27)28)25-12-15(10-17(25)26)9-14-7-5-4-6-8-14/h4-8,11,13,15,18-19H,9-10,12H2,1-3H3,(H,23,24)(H,27,28)/t15-,18?,19+/m1/s1. The molecule has 0 spiro atoms. The highest BCUT2D eigenvalue weighted by molar-refractivity contribution is 5.92. The van der Waals surface area contributed by atoms with Gasteiger partial charge in [0, 0.05) is 19.2 Å². The van der Waals surface area contributed by atoms with Crippen LogP contribution in [0, 0.1) is 5.92 Å². The normalized spacial score (nSPS) is 18.8. The molecule has 1 aromatic heterocycles. The molecule has 1 aliphatic rings. The number of aromatic amines is 1. The van der Waals surface area contributed by atoms with E-state index in [9.17, 15) is 19.5 Å². The molecule has 1 aromatic carbocycles. The highest BCUT2D eigenvalue weighted by Crippen LogP contribution is 2.32. The molecule has 0 radical (unpaired) electrons. The molecule has 1 saturated heterocycles. The Labute approximate surface area is 175 Å². The van der Waals surface area contributed by atoms with Gasteiger partial charge >= 0.3 is 11.9 Å². The monoisotopic (exact) mass is 413 g/mol. The van der Waals surface area contributed by atoms with Crippen LogP contribution in [0.1, 0.15) is 44.4 Å². The Balaban J connectivity index is 1.87. The predicted octanol–water partition coefficient (Wildman–Crippen LogP) is 2.38. The van der Waals surface area contributed by atoms with E-state index in [-0.39, 0.29) is 24.8 Å². The number of aliphatic carboxylic acids is 1. The van der Waals surface area contributed by atoms with E-state index in [1.165, 1.54) is 17.4 Å². The number of hydrogen-bond donors (Lipinski definition) is 2. The first-order valence-electron chi connectivity index (χ1n) is 9.93. The van der Waals surface area contributed by atoms with Crippen LogP contribution < -0.4 is 0 Å².